The molecule has 1 aromatic carbocycles. The number of likely N-dealkylation sites (N-methyl/N-ethyl adjacent to an activating group) is 1. The predicted octanol–water partition coefficient (Wildman–Crippen LogP) is 1.77. The molecule has 3 heterocycles. The predicted molar refractivity (Wildman–Crippen MR) is 86.2 cm³/mol. The molecule has 7 heteroatoms. The highest BCUT2D eigenvalue weighted by Crippen LogP contribution is 2.26. The van der Waals surface area contributed by atoms with E-state index in [9.17, 15) is 14.0 Å². The zero-order chi connectivity index (χ0) is 16.8. The van der Waals surface area contributed by atoms with Gasteiger partial charge in [0.2, 0.25) is 5.91 Å². The minimum Gasteiger partial charge on any atom is -0.345 e. The van der Waals surface area contributed by atoms with Gasteiger partial charge in [-0.2, -0.15) is 0 Å². The van der Waals surface area contributed by atoms with Crippen LogP contribution in [-0.2, 0) is 4.79 Å². The van der Waals surface area contributed by atoms with Gasteiger partial charge < -0.3 is 4.90 Å². The van der Waals surface area contributed by atoms with Crippen molar-refractivity contribution in [1.82, 2.24) is 19.5 Å². The number of H-pyrrole nitrogens is 1. The minimum atomic E-state index is -0.317. The molecule has 4 rings (SSSR count). The van der Waals surface area contributed by atoms with Gasteiger partial charge in [-0.05, 0) is 29.8 Å². The number of amides is 1. The number of rotatable bonds is 2. The minimum absolute atomic E-state index is 0.0584. The maximum Gasteiger partial charge on any atom is 0.272 e. The summed E-state index contributed by atoms with van der Waals surface area (Å²) in [6.45, 7) is 0.566. The average Bonchev–Trinajstić information content (AvgIpc) is 3.12. The highest BCUT2D eigenvalue weighted by Gasteiger charge is 2.29. The highest BCUT2D eigenvalue weighted by atomic mass is 19.1. The van der Waals surface area contributed by atoms with Gasteiger partial charge in [0, 0.05) is 38.1 Å². The van der Waals surface area contributed by atoms with E-state index in [1.54, 1.807) is 30.1 Å². The second-order valence-corrected chi connectivity index (χ2v) is 6.06. The van der Waals surface area contributed by atoms with Crippen LogP contribution in [0.25, 0.3) is 16.9 Å². The third-order valence-corrected chi connectivity index (χ3v) is 4.38. The molecule has 1 N–H and O–H groups in total. The van der Waals surface area contributed by atoms with E-state index in [1.807, 2.05) is 0 Å². The summed E-state index contributed by atoms with van der Waals surface area (Å²) in [7, 11) is 1.75. The molecule has 122 valence electrons. The van der Waals surface area contributed by atoms with Crippen molar-refractivity contribution >= 4 is 11.6 Å². The lowest BCUT2D eigenvalue weighted by molar-refractivity contribution is -0.126. The van der Waals surface area contributed by atoms with Crippen LogP contribution in [0.5, 0.6) is 0 Å². The summed E-state index contributed by atoms with van der Waals surface area (Å²) in [4.78, 5) is 30.2. The Morgan fingerprint density at radius 1 is 1.21 bits per heavy atom. The average molecular weight is 326 g/mol. The smallest absolute Gasteiger partial charge is 0.272 e. The van der Waals surface area contributed by atoms with Crippen molar-refractivity contribution in [1.29, 1.82) is 0 Å². The Labute approximate surface area is 136 Å². The number of aromatic nitrogens is 3. The maximum atomic E-state index is 13.1. The molecular weight excluding hydrogens is 311 g/mol. The number of halogens is 1. The van der Waals surface area contributed by atoms with Crippen LogP contribution in [0.2, 0.25) is 0 Å². The van der Waals surface area contributed by atoms with Crippen molar-refractivity contribution in [3.8, 4) is 11.3 Å². The lowest BCUT2D eigenvalue weighted by Gasteiger charge is -2.09. The van der Waals surface area contributed by atoms with Crippen molar-refractivity contribution in [3.05, 3.63) is 58.3 Å². The SMILES string of the molecule is CN1C[C@H](c2cc(=O)n3[nH]c(-c4ccc(F)cc4)cc3n2)CC1=O. The van der Waals surface area contributed by atoms with Crippen LogP contribution in [0.3, 0.4) is 0 Å². The van der Waals surface area contributed by atoms with E-state index >= 15 is 0 Å². The normalized spacial score (nSPS) is 17.8. The first-order valence-corrected chi connectivity index (χ1v) is 7.64. The second-order valence-electron chi connectivity index (χ2n) is 6.06. The van der Waals surface area contributed by atoms with Crippen LogP contribution in [-0.4, -0.2) is 39.0 Å². The Bertz CT molecular complexity index is 990. The fraction of sp³-hybridized carbons (Fsp3) is 0.235. The van der Waals surface area contributed by atoms with Crippen molar-refractivity contribution in [2.45, 2.75) is 12.3 Å². The van der Waals surface area contributed by atoms with E-state index in [0.29, 0.717) is 30.0 Å². The summed E-state index contributed by atoms with van der Waals surface area (Å²) in [5, 5.41) is 2.98. The molecular formula is C17H15FN4O2. The number of fused-ring (bicyclic) bond motifs is 1. The van der Waals surface area contributed by atoms with E-state index in [1.165, 1.54) is 22.7 Å². The van der Waals surface area contributed by atoms with Crippen molar-refractivity contribution < 1.29 is 9.18 Å². The summed E-state index contributed by atoms with van der Waals surface area (Å²) in [5.41, 5.74) is 2.32. The van der Waals surface area contributed by atoms with Gasteiger partial charge in [-0.1, -0.05) is 0 Å². The molecule has 24 heavy (non-hydrogen) atoms. The largest absolute Gasteiger partial charge is 0.345 e. The summed E-state index contributed by atoms with van der Waals surface area (Å²) in [6, 6.07) is 9.21. The third-order valence-electron chi connectivity index (χ3n) is 4.38. The molecule has 0 unspecified atom stereocenters. The van der Waals surface area contributed by atoms with Crippen LogP contribution in [0, 0.1) is 5.82 Å². The molecule has 1 aliphatic rings. The monoisotopic (exact) mass is 326 g/mol. The summed E-state index contributed by atoms with van der Waals surface area (Å²) < 4.78 is 14.4. The van der Waals surface area contributed by atoms with Gasteiger partial charge in [0.1, 0.15) is 5.82 Å². The van der Waals surface area contributed by atoms with E-state index in [0.717, 1.165) is 5.56 Å². The van der Waals surface area contributed by atoms with Crippen LogP contribution < -0.4 is 5.56 Å². The molecule has 0 radical (unpaired) electrons. The lowest BCUT2D eigenvalue weighted by Crippen LogP contribution is -2.20. The summed E-state index contributed by atoms with van der Waals surface area (Å²) in [5.74, 6) is -0.324. The molecule has 6 nitrogen and oxygen atoms in total. The Morgan fingerprint density at radius 2 is 1.96 bits per heavy atom. The number of likely N-dealkylation sites (tertiary alicyclic amines) is 1. The van der Waals surface area contributed by atoms with E-state index in [-0.39, 0.29) is 23.2 Å². The number of aromatic amines is 1. The quantitative estimate of drug-likeness (QED) is 0.780. The first-order valence-electron chi connectivity index (χ1n) is 7.64. The van der Waals surface area contributed by atoms with Crippen molar-refractivity contribution in [2.24, 2.45) is 0 Å². The second kappa shape index (κ2) is 5.30. The number of nitrogens with one attached hydrogen (secondary N) is 1. The van der Waals surface area contributed by atoms with E-state index < -0.39 is 0 Å². The van der Waals surface area contributed by atoms with Gasteiger partial charge in [-0.25, -0.2) is 13.9 Å². The molecule has 1 atom stereocenters. The fourth-order valence-corrected chi connectivity index (χ4v) is 3.06. The molecule has 0 bridgehead atoms. The molecule has 3 aromatic rings. The number of hydrogen-bond acceptors (Lipinski definition) is 3. The Hall–Kier alpha value is -2.96. The molecule has 0 aliphatic carbocycles. The topological polar surface area (TPSA) is 70.5 Å². The number of carbonyl (C=O) groups is 1. The lowest BCUT2D eigenvalue weighted by atomic mass is 10.0. The number of carbonyl (C=O) groups excluding carboxylic acids is 1. The number of nitrogens with zero attached hydrogens (tertiary/aromatic N) is 3. The first-order chi connectivity index (χ1) is 11.5. The molecule has 1 fully saturated rings. The number of benzene rings is 1. The van der Waals surface area contributed by atoms with Crippen molar-refractivity contribution in [2.75, 3.05) is 13.6 Å². The zero-order valence-corrected chi connectivity index (χ0v) is 13.0. The van der Waals surface area contributed by atoms with E-state index in [4.69, 9.17) is 0 Å². The van der Waals surface area contributed by atoms with Crippen LogP contribution in [0.1, 0.15) is 18.0 Å². The molecule has 1 aliphatic heterocycles. The van der Waals surface area contributed by atoms with Gasteiger partial charge >= 0.3 is 0 Å². The van der Waals surface area contributed by atoms with Crippen LogP contribution in [0.4, 0.5) is 4.39 Å². The summed E-state index contributed by atoms with van der Waals surface area (Å²) >= 11 is 0. The first kappa shape index (κ1) is 14.6. The molecule has 1 amide bonds. The number of hydrogen-bond donors (Lipinski definition) is 1. The van der Waals surface area contributed by atoms with Crippen LogP contribution >= 0.6 is 0 Å². The van der Waals surface area contributed by atoms with Gasteiger partial charge in [0.05, 0.1) is 11.4 Å². The summed E-state index contributed by atoms with van der Waals surface area (Å²) in [6.07, 6.45) is 0.369. The molecule has 0 saturated carbocycles. The Morgan fingerprint density at radius 3 is 2.62 bits per heavy atom. The highest BCUT2D eigenvalue weighted by molar-refractivity contribution is 5.79. The van der Waals surface area contributed by atoms with Gasteiger partial charge in [0.25, 0.3) is 5.56 Å². The van der Waals surface area contributed by atoms with Crippen LogP contribution in [0.15, 0.2) is 41.2 Å². The van der Waals surface area contributed by atoms with Gasteiger partial charge in [0.15, 0.2) is 5.65 Å². The maximum absolute atomic E-state index is 13.1. The van der Waals surface area contributed by atoms with E-state index in [2.05, 4.69) is 10.1 Å². The Balaban J connectivity index is 1.77. The standard InChI is InChI=1S/C17H15FN4O2/c1-21-9-11(6-16(21)23)13-8-17(24)22-15(19-13)7-14(20-22)10-2-4-12(18)5-3-10/h2-5,7-8,11,20H,6,9H2,1H3/t11-/m1/s1. The zero-order valence-electron chi connectivity index (χ0n) is 13.0. The van der Waals surface area contributed by atoms with Gasteiger partial charge in [-0.15, -0.1) is 0 Å². The Kier molecular flexibility index (Phi) is 3.23. The van der Waals surface area contributed by atoms with Gasteiger partial charge in [-0.3, -0.25) is 14.7 Å². The van der Waals surface area contributed by atoms with Crippen molar-refractivity contribution in [3.63, 3.8) is 0 Å². The fourth-order valence-electron chi connectivity index (χ4n) is 3.06. The molecule has 2 aromatic heterocycles. The third kappa shape index (κ3) is 2.38. The molecule has 1 saturated heterocycles. The molecule has 0 spiro atoms.